The van der Waals surface area contributed by atoms with Crippen LogP contribution in [0.25, 0.3) is 0 Å². The van der Waals surface area contributed by atoms with E-state index in [4.69, 9.17) is 18.0 Å². The number of amides is 1. The molecule has 1 fully saturated rings. The van der Waals surface area contributed by atoms with Crippen LogP contribution in [0.2, 0.25) is 0 Å². The quantitative estimate of drug-likeness (QED) is 0.649. The summed E-state index contributed by atoms with van der Waals surface area (Å²) in [5.41, 5.74) is 6.07. The van der Waals surface area contributed by atoms with Crippen molar-refractivity contribution in [1.29, 1.82) is 0 Å². The van der Waals surface area contributed by atoms with E-state index in [1.807, 2.05) is 4.90 Å². The molecule has 1 aliphatic heterocycles. The van der Waals surface area contributed by atoms with Gasteiger partial charge in [-0.25, -0.2) is 0 Å². The van der Waals surface area contributed by atoms with Gasteiger partial charge in [0, 0.05) is 23.7 Å². The van der Waals surface area contributed by atoms with E-state index in [0.717, 1.165) is 25.1 Å². The minimum atomic E-state index is -2.43. The molecule has 8 heteroatoms. The fourth-order valence-corrected chi connectivity index (χ4v) is 3.10. The van der Waals surface area contributed by atoms with Crippen LogP contribution in [0, 0.1) is 5.92 Å². The highest BCUT2D eigenvalue weighted by atomic mass is 32.2. The van der Waals surface area contributed by atoms with Gasteiger partial charge in [-0.1, -0.05) is 11.8 Å². The molecule has 1 aromatic rings. The molecule has 1 saturated heterocycles. The van der Waals surface area contributed by atoms with Gasteiger partial charge in [-0.3, -0.25) is 4.79 Å². The number of carbonyl (C=O) groups excluding carboxylic acids is 1. The van der Waals surface area contributed by atoms with Crippen molar-refractivity contribution in [3.8, 4) is 0 Å². The second kappa shape index (κ2) is 7.73. The average Bonchev–Trinajstić information content (AvgIpc) is 2.49. The average molecular weight is 345 g/mol. The number of thiocarbonyl (C=S) groups is 1. The summed E-state index contributed by atoms with van der Waals surface area (Å²) in [6.07, 6.45) is 1.65. The molecule has 2 rings (SSSR count). The van der Waals surface area contributed by atoms with Crippen LogP contribution < -0.4 is 11.1 Å². The third-order valence-corrected chi connectivity index (χ3v) is 4.52. The molecule has 0 aromatic heterocycles. The minimum absolute atomic E-state index is 0.182. The topological polar surface area (TPSA) is 58.4 Å². The number of thioether (sulfide) groups is 1. The number of alkyl halides is 2. The molecule has 0 spiro atoms. The lowest BCUT2D eigenvalue weighted by molar-refractivity contribution is -0.122. The summed E-state index contributed by atoms with van der Waals surface area (Å²) >= 11 is 5.84. The maximum Gasteiger partial charge on any atom is 0.288 e. The monoisotopic (exact) mass is 345 g/mol. The van der Waals surface area contributed by atoms with E-state index in [-0.39, 0.29) is 11.8 Å². The number of benzene rings is 1. The molecular formula is C14H17F2N3OS2. The maximum absolute atomic E-state index is 12.3. The van der Waals surface area contributed by atoms with Crippen molar-refractivity contribution in [1.82, 2.24) is 4.90 Å². The van der Waals surface area contributed by atoms with Crippen LogP contribution in [0.15, 0.2) is 29.2 Å². The molecule has 0 radical (unpaired) electrons. The number of nitrogens with one attached hydrogen (secondary N) is 1. The van der Waals surface area contributed by atoms with Crippen molar-refractivity contribution in [2.45, 2.75) is 23.5 Å². The van der Waals surface area contributed by atoms with Gasteiger partial charge in [-0.05, 0) is 49.3 Å². The summed E-state index contributed by atoms with van der Waals surface area (Å²) in [4.78, 5) is 13.7. The summed E-state index contributed by atoms with van der Waals surface area (Å²) in [7, 11) is 0. The molecule has 1 unspecified atom stereocenters. The van der Waals surface area contributed by atoms with Crippen LogP contribution in [-0.4, -0.2) is 34.8 Å². The number of hydrogen-bond donors (Lipinski definition) is 2. The number of primary amides is 1. The Balaban J connectivity index is 1.92. The van der Waals surface area contributed by atoms with Crippen LogP contribution in [0.4, 0.5) is 14.5 Å². The summed E-state index contributed by atoms with van der Waals surface area (Å²) in [6, 6.07) is 6.63. The zero-order chi connectivity index (χ0) is 16.1. The van der Waals surface area contributed by atoms with Crippen LogP contribution in [0.3, 0.4) is 0 Å². The first-order valence-electron chi connectivity index (χ1n) is 6.86. The Kier molecular flexibility index (Phi) is 5.96. The minimum Gasteiger partial charge on any atom is -0.369 e. The van der Waals surface area contributed by atoms with E-state index in [1.54, 1.807) is 24.3 Å². The largest absolute Gasteiger partial charge is 0.369 e. The Morgan fingerprint density at radius 1 is 1.41 bits per heavy atom. The molecule has 1 atom stereocenters. The van der Waals surface area contributed by atoms with E-state index in [0.29, 0.717) is 28.3 Å². The Bertz CT molecular complexity index is 539. The number of rotatable bonds is 4. The summed E-state index contributed by atoms with van der Waals surface area (Å²) in [6.45, 7) is 1.29. The predicted molar refractivity (Wildman–Crippen MR) is 88.0 cm³/mol. The van der Waals surface area contributed by atoms with E-state index in [9.17, 15) is 13.6 Å². The highest BCUT2D eigenvalue weighted by Gasteiger charge is 2.25. The second-order valence-corrected chi connectivity index (χ2v) is 6.47. The normalized spacial score (nSPS) is 18.3. The van der Waals surface area contributed by atoms with Gasteiger partial charge in [0.2, 0.25) is 5.91 Å². The molecule has 1 amide bonds. The standard InChI is InChI=1S/C14H17F2N3OS2/c15-13(16)22-11-5-3-10(4-6-11)18-14(21)19-7-1-2-9(8-19)12(17)20/h3-6,9,13H,1-2,7-8H2,(H2,17,20)(H,18,21). The molecule has 1 aromatic carbocycles. The van der Waals surface area contributed by atoms with Crippen LogP contribution in [0.5, 0.6) is 0 Å². The summed E-state index contributed by atoms with van der Waals surface area (Å²) in [5, 5.41) is 3.57. The zero-order valence-corrected chi connectivity index (χ0v) is 13.4. The van der Waals surface area contributed by atoms with E-state index >= 15 is 0 Å². The number of likely N-dealkylation sites (tertiary alicyclic amines) is 1. The molecule has 22 heavy (non-hydrogen) atoms. The van der Waals surface area contributed by atoms with E-state index in [2.05, 4.69) is 5.32 Å². The molecule has 4 nitrogen and oxygen atoms in total. The number of halogens is 2. The smallest absolute Gasteiger partial charge is 0.288 e. The molecule has 3 N–H and O–H groups in total. The lowest BCUT2D eigenvalue weighted by atomic mass is 9.98. The molecule has 1 heterocycles. The molecule has 0 saturated carbocycles. The van der Waals surface area contributed by atoms with Crippen molar-refractivity contribution in [3.05, 3.63) is 24.3 Å². The SMILES string of the molecule is NC(=O)C1CCCN(C(=S)Nc2ccc(SC(F)F)cc2)C1. The van der Waals surface area contributed by atoms with Crippen molar-refractivity contribution < 1.29 is 13.6 Å². The molecule has 120 valence electrons. The van der Waals surface area contributed by atoms with Crippen LogP contribution in [-0.2, 0) is 4.79 Å². The second-order valence-electron chi connectivity index (χ2n) is 5.02. The van der Waals surface area contributed by atoms with Gasteiger partial charge >= 0.3 is 0 Å². The van der Waals surface area contributed by atoms with Gasteiger partial charge < -0.3 is 16.0 Å². The highest BCUT2D eigenvalue weighted by Crippen LogP contribution is 2.26. The van der Waals surface area contributed by atoms with Gasteiger partial charge in [0.15, 0.2) is 5.11 Å². The Labute approximate surface area is 137 Å². The lowest BCUT2D eigenvalue weighted by Crippen LogP contribution is -2.45. The number of nitrogens with zero attached hydrogens (tertiary/aromatic N) is 1. The lowest BCUT2D eigenvalue weighted by Gasteiger charge is -2.33. The van der Waals surface area contributed by atoms with Gasteiger partial charge in [-0.2, -0.15) is 8.78 Å². The fraction of sp³-hybridized carbons (Fsp3) is 0.429. The number of anilines is 1. The third-order valence-electron chi connectivity index (χ3n) is 3.44. The Hall–Kier alpha value is -1.41. The van der Waals surface area contributed by atoms with Gasteiger partial charge in [0.1, 0.15) is 0 Å². The first kappa shape index (κ1) is 17.0. The Morgan fingerprint density at radius 3 is 2.68 bits per heavy atom. The number of carbonyl (C=O) groups is 1. The van der Waals surface area contributed by atoms with Gasteiger partial charge in [0.25, 0.3) is 5.76 Å². The van der Waals surface area contributed by atoms with Crippen LogP contribution >= 0.6 is 24.0 Å². The Morgan fingerprint density at radius 2 is 2.09 bits per heavy atom. The number of nitrogens with two attached hydrogens (primary N) is 1. The van der Waals surface area contributed by atoms with Crippen molar-refractivity contribution in [2.75, 3.05) is 18.4 Å². The van der Waals surface area contributed by atoms with E-state index in [1.165, 1.54) is 0 Å². The molecule has 1 aliphatic rings. The first-order chi connectivity index (χ1) is 10.5. The molecular weight excluding hydrogens is 328 g/mol. The summed E-state index contributed by atoms with van der Waals surface area (Å²) < 4.78 is 24.5. The van der Waals surface area contributed by atoms with Crippen molar-refractivity contribution >= 4 is 40.7 Å². The molecule has 0 aliphatic carbocycles. The van der Waals surface area contributed by atoms with Crippen LogP contribution in [0.1, 0.15) is 12.8 Å². The third kappa shape index (κ3) is 4.81. The van der Waals surface area contributed by atoms with Crippen molar-refractivity contribution in [2.24, 2.45) is 11.7 Å². The molecule has 0 bridgehead atoms. The highest BCUT2D eigenvalue weighted by molar-refractivity contribution is 7.99. The van der Waals surface area contributed by atoms with Crippen molar-refractivity contribution in [3.63, 3.8) is 0 Å². The fourth-order valence-electron chi connectivity index (χ4n) is 2.32. The van der Waals surface area contributed by atoms with Gasteiger partial charge in [0.05, 0.1) is 5.92 Å². The number of piperidine rings is 1. The summed E-state index contributed by atoms with van der Waals surface area (Å²) in [5.74, 6) is -2.92. The maximum atomic E-state index is 12.3. The van der Waals surface area contributed by atoms with E-state index < -0.39 is 5.76 Å². The van der Waals surface area contributed by atoms with Gasteiger partial charge in [-0.15, -0.1) is 0 Å². The number of hydrogen-bond acceptors (Lipinski definition) is 3. The predicted octanol–water partition coefficient (Wildman–Crippen LogP) is 2.90. The first-order valence-corrected chi connectivity index (χ1v) is 8.14. The zero-order valence-electron chi connectivity index (χ0n) is 11.8.